The Bertz CT molecular complexity index is 849. The van der Waals surface area contributed by atoms with Crippen LogP contribution < -0.4 is 0 Å². The van der Waals surface area contributed by atoms with Crippen molar-refractivity contribution < 1.29 is 24.9 Å². The van der Waals surface area contributed by atoms with Crippen molar-refractivity contribution in [2.45, 2.75) is 83.0 Å². The largest absolute Gasteiger partial charge is 0.393 e. The molecular weight excluding hydrogens is 414 g/mol. The molecular formula is C24H33NO5S. The van der Waals surface area contributed by atoms with Gasteiger partial charge >= 0.3 is 0 Å². The van der Waals surface area contributed by atoms with Crippen LogP contribution in [0.15, 0.2) is 24.3 Å². The van der Waals surface area contributed by atoms with Crippen molar-refractivity contribution in [1.29, 1.82) is 0 Å². The topological polar surface area (TPSA) is 108 Å². The fourth-order valence-corrected chi connectivity index (χ4v) is 5.64. The summed E-state index contributed by atoms with van der Waals surface area (Å²) in [6, 6.07) is 7.50. The van der Waals surface area contributed by atoms with E-state index in [0.717, 1.165) is 42.3 Å². The van der Waals surface area contributed by atoms with E-state index >= 15 is 0 Å². The molecule has 1 saturated carbocycles. The molecule has 1 aromatic carbocycles. The molecule has 1 heterocycles. The van der Waals surface area contributed by atoms with E-state index in [2.05, 4.69) is 4.98 Å². The summed E-state index contributed by atoms with van der Waals surface area (Å²) in [6.45, 7) is 1.61. The molecule has 31 heavy (non-hydrogen) atoms. The first-order chi connectivity index (χ1) is 14.9. The maximum Gasteiger partial charge on any atom is 0.219 e. The number of nitrogens with zero attached hydrogens (tertiary/aromatic N) is 1. The van der Waals surface area contributed by atoms with Gasteiger partial charge in [-0.15, -0.1) is 11.3 Å². The average molecular weight is 448 g/mol. The highest BCUT2D eigenvalue weighted by Crippen LogP contribution is 2.39. The van der Waals surface area contributed by atoms with Gasteiger partial charge in [0.05, 0.1) is 22.4 Å². The third kappa shape index (κ3) is 6.42. The predicted octanol–water partition coefficient (Wildman–Crippen LogP) is 3.91. The number of ketones is 2. The molecule has 0 radical (unpaired) electrons. The molecule has 3 rings (SSSR count). The third-order valence-corrected chi connectivity index (χ3v) is 7.47. The standard InChI is InChI=1S/C24H33NO5S/c1-15(26)8-4-2-3-5-9-16-17(21(29)14-20(16)28)12-13-19(27)23(30)24-25-18-10-6-7-11-22(18)31-24/h6-7,10-11,16-17,19-21,27-29H,2-5,8-9,12-14H2,1H3/t16-,17-,19?,20+,21-/m1/s1. The van der Waals surface area contributed by atoms with Gasteiger partial charge in [0.2, 0.25) is 5.78 Å². The Labute approximate surface area is 187 Å². The van der Waals surface area contributed by atoms with E-state index in [1.165, 1.54) is 11.3 Å². The molecule has 0 amide bonds. The third-order valence-electron chi connectivity index (χ3n) is 6.42. The Hall–Kier alpha value is -1.67. The minimum Gasteiger partial charge on any atom is -0.393 e. The number of carbonyl (C=O) groups excluding carboxylic acids is 2. The van der Waals surface area contributed by atoms with Gasteiger partial charge in [-0.05, 0) is 63.0 Å². The lowest BCUT2D eigenvalue weighted by molar-refractivity contribution is -0.117. The van der Waals surface area contributed by atoms with E-state index in [4.69, 9.17) is 0 Å². The molecule has 1 aliphatic carbocycles. The molecule has 3 N–H and O–H groups in total. The number of para-hydroxylation sites is 1. The summed E-state index contributed by atoms with van der Waals surface area (Å²) in [6.07, 6.45) is 4.03. The van der Waals surface area contributed by atoms with Crippen LogP contribution in [0.25, 0.3) is 10.2 Å². The van der Waals surface area contributed by atoms with Crippen LogP contribution in [-0.4, -0.2) is 50.2 Å². The molecule has 1 aliphatic rings. The quantitative estimate of drug-likeness (QED) is 0.336. The second-order valence-corrected chi connectivity index (χ2v) is 9.83. The number of hydrogen-bond acceptors (Lipinski definition) is 7. The molecule has 0 aliphatic heterocycles. The van der Waals surface area contributed by atoms with Crippen LogP contribution >= 0.6 is 11.3 Å². The van der Waals surface area contributed by atoms with E-state index in [-0.39, 0.29) is 29.8 Å². The molecule has 5 atom stereocenters. The van der Waals surface area contributed by atoms with Gasteiger partial charge < -0.3 is 20.1 Å². The number of aliphatic hydroxyl groups excluding tert-OH is 3. The van der Waals surface area contributed by atoms with Crippen molar-refractivity contribution in [2.75, 3.05) is 0 Å². The van der Waals surface area contributed by atoms with Crippen molar-refractivity contribution in [3.8, 4) is 0 Å². The van der Waals surface area contributed by atoms with Crippen molar-refractivity contribution in [1.82, 2.24) is 4.98 Å². The lowest BCUT2D eigenvalue weighted by Gasteiger charge is -2.24. The Balaban J connectivity index is 1.49. The number of Topliss-reactive ketones (excluding diaryl/α,β-unsaturated/α-hetero) is 2. The first kappa shape index (κ1) is 24.0. The summed E-state index contributed by atoms with van der Waals surface area (Å²) in [5.41, 5.74) is 0.751. The number of hydrogen-bond donors (Lipinski definition) is 3. The van der Waals surface area contributed by atoms with Gasteiger partial charge in [0, 0.05) is 6.42 Å². The first-order valence-electron chi connectivity index (χ1n) is 11.3. The maximum absolute atomic E-state index is 12.6. The van der Waals surface area contributed by atoms with Crippen LogP contribution in [-0.2, 0) is 4.79 Å². The maximum atomic E-state index is 12.6. The van der Waals surface area contributed by atoms with Crippen LogP contribution in [0.3, 0.4) is 0 Å². The minimum atomic E-state index is -1.15. The number of thiazole rings is 1. The number of benzene rings is 1. The highest BCUT2D eigenvalue weighted by atomic mass is 32.1. The number of rotatable bonds is 12. The number of fused-ring (bicyclic) bond motifs is 1. The molecule has 0 bridgehead atoms. The molecule has 1 aromatic heterocycles. The number of unbranched alkanes of at least 4 members (excludes halogenated alkanes) is 3. The molecule has 170 valence electrons. The summed E-state index contributed by atoms with van der Waals surface area (Å²) >= 11 is 1.28. The number of aromatic nitrogens is 1. The van der Waals surface area contributed by atoms with E-state index in [0.29, 0.717) is 24.3 Å². The summed E-state index contributed by atoms with van der Waals surface area (Å²) in [5.74, 6) is -0.304. The summed E-state index contributed by atoms with van der Waals surface area (Å²) < 4.78 is 0.913. The zero-order chi connectivity index (χ0) is 22.4. The zero-order valence-corrected chi connectivity index (χ0v) is 18.9. The second kappa shape index (κ2) is 11.3. The molecule has 6 nitrogen and oxygen atoms in total. The normalized spacial score (nSPS) is 24.5. The zero-order valence-electron chi connectivity index (χ0n) is 18.1. The van der Waals surface area contributed by atoms with Crippen LogP contribution in [0.5, 0.6) is 0 Å². The van der Waals surface area contributed by atoms with Crippen LogP contribution in [0, 0.1) is 11.8 Å². The highest BCUT2D eigenvalue weighted by molar-refractivity contribution is 7.20. The van der Waals surface area contributed by atoms with Crippen molar-refractivity contribution in [2.24, 2.45) is 11.8 Å². The summed E-state index contributed by atoms with van der Waals surface area (Å²) in [7, 11) is 0. The second-order valence-electron chi connectivity index (χ2n) is 8.80. The van der Waals surface area contributed by atoms with E-state index in [1.54, 1.807) is 6.92 Å². The van der Waals surface area contributed by atoms with Crippen molar-refractivity contribution in [3.63, 3.8) is 0 Å². The summed E-state index contributed by atoms with van der Waals surface area (Å²) in [5, 5.41) is 31.6. The SMILES string of the molecule is CC(=O)CCCCCC[C@@H]1[C@@H](CCC(O)C(=O)c2nc3ccccc3s2)[C@H](O)C[C@@H]1O. The molecule has 1 fully saturated rings. The Morgan fingerprint density at radius 3 is 2.45 bits per heavy atom. The number of carbonyl (C=O) groups is 2. The summed E-state index contributed by atoms with van der Waals surface area (Å²) in [4.78, 5) is 28.0. The fraction of sp³-hybridized carbons (Fsp3) is 0.625. The lowest BCUT2D eigenvalue weighted by atomic mass is 9.84. The monoisotopic (exact) mass is 447 g/mol. The average Bonchev–Trinajstić information content (AvgIpc) is 3.28. The van der Waals surface area contributed by atoms with Crippen LogP contribution in [0.1, 0.15) is 74.5 Å². The first-order valence-corrected chi connectivity index (χ1v) is 12.1. The number of aliphatic hydroxyl groups is 3. The van der Waals surface area contributed by atoms with Crippen molar-refractivity contribution >= 4 is 33.1 Å². The van der Waals surface area contributed by atoms with Crippen LogP contribution in [0.4, 0.5) is 0 Å². The van der Waals surface area contributed by atoms with Gasteiger partial charge in [-0.2, -0.15) is 0 Å². The molecule has 0 spiro atoms. The van der Waals surface area contributed by atoms with E-state index in [9.17, 15) is 24.9 Å². The Kier molecular flexibility index (Phi) is 8.72. The van der Waals surface area contributed by atoms with E-state index < -0.39 is 18.3 Å². The highest BCUT2D eigenvalue weighted by Gasteiger charge is 2.41. The minimum absolute atomic E-state index is 0.0208. The van der Waals surface area contributed by atoms with Crippen molar-refractivity contribution in [3.05, 3.63) is 29.3 Å². The molecule has 1 unspecified atom stereocenters. The Morgan fingerprint density at radius 2 is 1.74 bits per heavy atom. The Morgan fingerprint density at radius 1 is 1.06 bits per heavy atom. The smallest absolute Gasteiger partial charge is 0.219 e. The van der Waals surface area contributed by atoms with Gasteiger partial charge in [0.15, 0.2) is 5.01 Å². The van der Waals surface area contributed by atoms with E-state index in [1.807, 2.05) is 24.3 Å². The van der Waals surface area contributed by atoms with Gasteiger partial charge in [0.1, 0.15) is 11.9 Å². The van der Waals surface area contributed by atoms with Gasteiger partial charge in [-0.1, -0.05) is 31.4 Å². The lowest BCUT2D eigenvalue weighted by Crippen LogP contribution is -2.26. The fourth-order valence-electron chi connectivity index (χ4n) is 4.69. The molecule has 7 heteroatoms. The van der Waals surface area contributed by atoms with Crippen LogP contribution in [0.2, 0.25) is 0 Å². The van der Waals surface area contributed by atoms with Gasteiger partial charge in [0.25, 0.3) is 0 Å². The van der Waals surface area contributed by atoms with Gasteiger partial charge in [-0.3, -0.25) is 4.79 Å². The van der Waals surface area contributed by atoms with Gasteiger partial charge in [-0.25, -0.2) is 4.98 Å². The predicted molar refractivity (Wildman–Crippen MR) is 121 cm³/mol. The molecule has 2 aromatic rings. The molecule has 0 saturated heterocycles.